The lowest BCUT2D eigenvalue weighted by atomic mass is 10.3. The van der Waals surface area contributed by atoms with Crippen molar-refractivity contribution in [2.75, 3.05) is 23.1 Å². The first-order valence-corrected chi connectivity index (χ1v) is 10.2. The quantitative estimate of drug-likeness (QED) is 0.699. The Bertz CT molecular complexity index is 885. The van der Waals surface area contributed by atoms with Crippen molar-refractivity contribution in [2.24, 2.45) is 0 Å². The summed E-state index contributed by atoms with van der Waals surface area (Å²) in [6, 6.07) is 9.42. The molecule has 0 atom stereocenters. The highest BCUT2D eigenvalue weighted by Crippen LogP contribution is 2.23. The zero-order chi connectivity index (χ0) is 19.3. The first kappa shape index (κ1) is 20.2. The Balaban J connectivity index is 2.14. The minimum Gasteiger partial charge on any atom is -0.325 e. The maximum atomic E-state index is 13.8. The number of hydrogen-bond donors (Lipinski definition) is 2. The third-order valence-electron chi connectivity index (χ3n) is 3.64. The third-order valence-corrected chi connectivity index (χ3v) is 5.52. The molecule has 0 aromatic heterocycles. The minimum absolute atomic E-state index is 0.0411. The van der Waals surface area contributed by atoms with E-state index >= 15 is 0 Å². The zero-order valence-electron chi connectivity index (χ0n) is 14.3. The second-order valence-corrected chi connectivity index (χ2v) is 7.95. The van der Waals surface area contributed by atoms with Gasteiger partial charge in [0.2, 0.25) is 0 Å². The molecule has 2 aromatic rings. The van der Waals surface area contributed by atoms with Crippen molar-refractivity contribution >= 4 is 43.4 Å². The van der Waals surface area contributed by atoms with Gasteiger partial charge in [0, 0.05) is 23.2 Å². The Morgan fingerprint density at radius 3 is 2.27 bits per heavy atom. The second-order valence-electron chi connectivity index (χ2n) is 5.36. The number of nitrogens with one attached hydrogen (secondary N) is 2. The number of carbonyl (C=O) groups excluding carboxylic acids is 1. The van der Waals surface area contributed by atoms with Crippen LogP contribution in [0.25, 0.3) is 0 Å². The Morgan fingerprint density at radius 1 is 1.12 bits per heavy atom. The minimum atomic E-state index is -3.95. The predicted octanol–water partition coefficient (Wildman–Crippen LogP) is 4.26. The predicted molar refractivity (Wildman–Crippen MR) is 103 cm³/mol. The molecule has 0 aliphatic heterocycles. The van der Waals surface area contributed by atoms with E-state index in [1.807, 2.05) is 13.8 Å². The van der Waals surface area contributed by atoms with Crippen molar-refractivity contribution in [1.82, 2.24) is 4.90 Å². The van der Waals surface area contributed by atoms with Crippen molar-refractivity contribution in [3.05, 3.63) is 52.8 Å². The Hall–Kier alpha value is -2.13. The standard InChI is InChI=1S/C17H19BrFN3O3S/c1-3-22(4-2)17(23)20-13-6-8-14(9-7-13)26(24,25)21-16-10-5-12(18)11-15(16)19/h5-11,21H,3-4H2,1-2H3,(H,20,23). The summed E-state index contributed by atoms with van der Waals surface area (Å²) < 4.78 is 41.3. The van der Waals surface area contributed by atoms with Crippen LogP contribution in [-0.4, -0.2) is 32.4 Å². The number of sulfonamides is 1. The first-order chi connectivity index (χ1) is 12.3. The van der Waals surface area contributed by atoms with Gasteiger partial charge in [0.05, 0.1) is 10.6 Å². The number of amides is 2. The molecule has 0 unspecified atom stereocenters. The lowest BCUT2D eigenvalue weighted by Crippen LogP contribution is -2.34. The Morgan fingerprint density at radius 2 is 1.73 bits per heavy atom. The van der Waals surface area contributed by atoms with Crippen molar-refractivity contribution in [1.29, 1.82) is 0 Å². The topological polar surface area (TPSA) is 78.5 Å². The molecule has 140 valence electrons. The Labute approximate surface area is 160 Å². The smallest absolute Gasteiger partial charge is 0.321 e. The van der Waals surface area contributed by atoms with Gasteiger partial charge >= 0.3 is 6.03 Å². The van der Waals surface area contributed by atoms with Crippen molar-refractivity contribution in [3.63, 3.8) is 0 Å². The SMILES string of the molecule is CCN(CC)C(=O)Nc1ccc(S(=O)(=O)Nc2ccc(Br)cc2F)cc1. The van der Waals surface area contributed by atoms with Crippen LogP contribution in [0.1, 0.15) is 13.8 Å². The van der Waals surface area contributed by atoms with E-state index in [-0.39, 0.29) is 16.6 Å². The van der Waals surface area contributed by atoms with Gasteiger partial charge in [-0.15, -0.1) is 0 Å². The van der Waals surface area contributed by atoms with Gasteiger partial charge in [0.25, 0.3) is 10.0 Å². The molecule has 9 heteroatoms. The summed E-state index contributed by atoms with van der Waals surface area (Å²) in [5.41, 5.74) is 0.322. The third kappa shape index (κ3) is 4.95. The van der Waals surface area contributed by atoms with E-state index in [1.165, 1.54) is 42.5 Å². The molecular weight excluding hydrogens is 425 g/mol. The number of benzene rings is 2. The maximum Gasteiger partial charge on any atom is 0.321 e. The van der Waals surface area contributed by atoms with E-state index in [0.29, 0.717) is 23.2 Å². The van der Waals surface area contributed by atoms with Crippen LogP contribution >= 0.6 is 15.9 Å². The van der Waals surface area contributed by atoms with E-state index in [2.05, 4.69) is 26.0 Å². The molecule has 0 spiro atoms. The van der Waals surface area contributed by atoms with Crippen LogP contribution < -0.4 is 10.0 Å². The Kier molecular flexibility index (Phi) is 6.60. The van der Waals surface area contributed by atoms with Gasteiger partial charge in [-0.25, -0.2) is 17.6 Å². The molecular formula is C17H19BrFN3O3S. The fraction of sp³-hybridized carbons (Fsp3) is 0.235. The van der Waals surface area contributed by atoms with Crippen LogP contribution in [-0.2, 0) is 10.0 Å². The molecule has 0 heterocycles. The molecule has 2 aromatic carbocycles. The second kappa shape index (κ2) is 8.50. The summed E-state index contributed by atoms with van der Waals surface area (Å²) >= 11 is 3.11. The highest BCUT2D eigenvalue weighted by atomic mass is 79.9. The highest BCUT2D eigenvalue weighted by Gasteiger charge is 2.17. The van der Waals surface area contributed by atoms with E-state index in [0.717, 1.165) is 0 Å². The summed E-state index contributed by atoms with van der Waals surface area (Å²) in [6.45, 7) is 4.87. The number of rotatable bonds is 6. The largest absolute Gasteiger partial charge is 0.325 e. The molecule has 6 nitrogen and oxygen atoms in total. The fourth-order valence-electron chi connectivity index (χ4n) is 2.21. The average molecular weight is 444 g/mol. The molecule has 2 N–H and O–H groups in total. The number of anilines is 2. The van der Waals surface area contributed by atoms with Gasteiger partial charge < -0.3 is 10.2 Å². The maximum absolute atomic E-state index is 13.8. The van der Waals surface area contributed by atoms with Crippen molar-refractivity contribution in [3.8, 4) is 0 Å². The molecule has 0 aliphatic carbocycles. The van der Waals surface area contributed by atoms with Gasteiger partial charge in [0.15, 0.2) is 0 Å². The average Bonchev–Trinajstić information content (AvgIpc) is 2.59. The molecule has 2 rings (SSSR count). The molecule has 2 amide bonds. The van der Waals surface area contributed by atoms with Crippen LogP contribution in [0.3, 0.4) is 0 Å². The summed E-state index contributed by atoms with van der Waals surface area (Å²) in [6.07, 6.45) is 0. The zero-order valence-corrected chi connectivity index (χ0v) is 16.7. The van der Waals surface area contributed by atoms with E-state index in [4.69, 9.17) is 0 Å². The normalized spacial score (nSPS) is 11.1. The van der Waals surface area contributed by atoms with Crippen molar-refractivity contribution < 1.29 is 17.6 Å². The first-order valence-electron chi connectivity index (χ1n) is 7.90. The number of hydrogen-bond acceptors (Lipinski definition) is 3. The van der Waals surface area contributed by atoms with Crippen molar-refractivity contribution in [2.45, 2.75) is 18.7 Å². The molecule has 0 saturated carbocycles. The van der Waals surface area contributed by atoms with Crippen LogP contribution in [0.2, 0.25) is 0 Å². The molecule has 0 bridgehead atoms. The van der Waals surface area contributed by atoms with Crippen LogP contribution in [0.4, 0.5) is 20.6 Å². The molecule has 0 saturated heterocycles. The molecule has 0 aliphatic rings. The van der Waals surface area contributed by atoms with E-state index in [1.54, 1.807) is 4.90 Å². The van der Waals surface area contributed by atoms with Gasteiger partial charge in [-0.3, -0.25) is 4.72 Å². The number of urea groups is 1. The van der Waals surface area contributed by atoms with Gasteiger partial charge in [-0.05, 0) is 56.3 Å². The van der Waals surface area contributed by atoms with E-state index < -0.39 is 15.8 Å². The lowest BCUT2D eigenvalue weighted by molar-refractivity contribution is 0.217. The number of nitrogens with zero attached hydrogens (tertiary/aromatic N) is 1. The summed E-state index contributed by atoms with van der Waals surface area (Å²) in [7, 11) is -3.95. The summed E-state index contributed by atoms with van der Waals surface area (Å²) in [5, 5.41) is 2.69. The summed E-state index contributed by atoms with van der Waals surface area (Å²) in [5.74, 6) is -0.689. The molecule has 26 heavy (non-hydrogen) atoms. The molecule has 0 radical (unpaired) electrons. The van der Waals surface area contributed by atoms with Crippen LogP contribution in [0.5, 0.6) is 0 Å². The van der Waals surface area contributed by atoms with Gasteiger partial charge in [-0.2, -0.15) is 0 Å². The molecule has 0 fully saturated rings. The highest BCUT2D eigenvalue weighted by molar-refractivity contribution is 9.10. The summed E-state index contributed by atoms with van der Waals surface area (Å²) in [4.78, 5) is 13.6. The lowest BCUT2D eigenvalue weighted by Gasteiger charge is -2.19. The monoisotopic (exact) mass is 443 g/mol. The fourth-order valence-corrected chi connectivity index (χ4v) is 3.61. The van der Waals surface area contributed by atoms with E-state index in [9.17, 15) is 17.6 Å². The number of carbonyl (C=O) groups is 1. The van der Waals surface area contributed by atoms with Gasteiger partial charge in [-0.1, -0.05) is 15.9 Å². The van der Waals surface area contributed by atoms with Crippen LogP contribution in [0.15, 0.2) is 51.8 Å². The van der Waals surface area contributed by atoms with Crippen LogP contribution in [0, 0.1) is 5.82 Å². The number of halogens is 2. The van der Waals surface area contributed by atoms with Gasteiger partial charge in [0.1, 0.15) is 5.82 Å².